The van der Waals surface area contributed by atoms with Crippen LogP contribution >= 0.6 is 12.2 Å². The van der Waals surface area contributed by atoms with Gasteiger partial charge in [-0.1, -0.05) is 42.0 Å². The van der Waals surface area contributed by atoms with Crippen LogP contribution in [0.25, 0.3) is 0 Å². The van der Waals surface area contributed by atoms with Crippen LogP contribution in [-0.2, 0) is 25.6 Å². The van der Waals surface area contributed by atoms with Crippen LogP contribution in [-0.4, -0.2) is 27.2 Å². The minimum absolute atomic E-state index is 0.298. The maximum Gasteiger partial charge on any atom is 0.323 e. The Labute approximate surface area is 157 Å². The van der Waals surface area contributed by atoms with E-state index in [1.54, 1.807) is 13.8 Å². The summed E-state index contributed by atoms with van der Waals surface area (Å²) < 4.78 is 12.3. The number of ether oxygens (including phenoxy) is 2. The van der Waals surface area contributed by atoms with Crippen molar-refractivity contribution in [1.82, 2.24) is 4.57 Å². The topological polar surface area (TPSA) is 57.5 Å². The van der Waals surface area contributed by atoms with Gasteiger partial charge >= 0.3 is 11.9 Å². The van der Waals surface area contributed by atoms with Gasteiger partial charge in [0, 0.05) is 26.6 Å². The van der Waals surface area contributed by atoms with Crippen molar-refractivity contribution in [3.8, 4) is 0 Å². The standard InChI is InChI=1S/C20H21NO4S/c1-13-6-8-14(9-7-13)17(26)16-5-4-11-21(16)12-10-15-18(22)24-20(2,3)25-19(15)23/h4-9,11,15H,10,12H2,1-3H3. The van der Waals surface area contributed by atoms with Gasteiger partial charge in [0.15, 0.2) is 5.92 Å². The Bertz CT molecular complexity index is 831. The summed E-state index contributed by atoms with van der Waals surface area (Å²) >= 11 is 5.61. The van der Waals surface area contributed by atoms with E-state index in [1.165, 1.54) is 5.56 Å². The van der Waals surface area contributed by atoms with Crippen LogP contribution in [0.4, 0.5) is 0 Å². The smallest absolute Gasteiger partial charge is 0.323 e. The minimum atomic E-state index is -1.20. The predicted molar refractivity (Wildman–Crippen MR) is 101 cm³/mol. The molecule has 1 aromatic heterocycles. The normalized spacial score (nSPS) is 16.9. The zero-order valence-electron chi connectivity index (χ0n) is 15.0. The zero-order chi connectivity index (χ0) is 18.9. The highest BCUT2D eigenvalue weighted by Gasteiger charge is 2.42. The van der Waals surface area contributed by atoms with E-state index in [0.717, 1.165) is 16.1 Å². The maximum absolute atomic E-state index is 12.1. The van der Waals surface area contributed by atoms with E-state index in [0.29, 0.717) is 13.0 Å². The fraction of sp³-hybridized carbons (Fsp3) is 0.350. The van der Waals surface area contributed by atoms with Crippen molar-refractivity contribution < 1.29 is 19.1 Å². The van der Waals surface area contributed by atoms with Crippen molar-refractivity contribution in [2.75, 3.05) is 0 Å². The average Bonchev–Trinajstić information content (AvgIpc) is 3.01. The second-order valence-corrected chi connectivity index (χ2v) is 7.27. The van der Waals surface area contributed by atoms with Gasteiger partial charge in [-0.3, -0.25) is 9.59 Å². The third-order valence-electron chi connectivity index (χ3n) is 4.30. The number of benzene rings is 1. The van der Waals surface area contributed by atoms with Gasteiger partial charge in [-0.25, -0.2) is 0 Å². The van der Waals surface area contributed by atoms with E-state index < -0.39 is 23.6 Å². The van der Waals surface area contributed by atoms with Gasteiger partial charge in [0.1, 0.15) is 0 Å². The molecule has 6 heteroatoms. The molecule has 1 aliphatic rings. The molecule has 1 aromatic carbocycles. The number of carbonyl (C=O) groups excluding carboxylic acids is 2. The van der Waals surface area contributed by atoms with Crippen molar-refractivity contribution in [3.63, 3.8) is 0 Å². The number of aromatic nitrogens is 1. The molecule has 1 saturated heterocycles. The first-order valence-electron chi connectivity index (χ1n) is 8.49. The molecule has 1 fully saturated rings. The molecule has 3 rings (SSSR count). The van der Waals surface area contributed by atoms with Crippen LogP contribution in [0.1, 0.15) is 37.1 Å². The Hall–Kier alpha value is -2.47. The van der Waals surface area contributed by atoms with Crippen molar-refractivity contribution in [1.29, 1.82) is 0 Å². The fourth-order valence-electron chi connectivity index (χ4n) is 2.92. The molecule has 1 aliphatic heterocycles. The maximum atomic E-state index is 12.1. The molecule has 0 spiro atoms. The Morgan fingerprint density at radius 1 is 1.12 bits per heavy atom. The number of nitrogens with zero attached hydrogens (tertiary/aromatic N) is 1. The number of cyclic esters (lactones) is 2. The summed E-state index contributed by atoms with van der Waals surface area (Å²) in [6.45, 7) is 5.58. The van der Waals surface area contributed by atoms with E-state index >= 15 is 0 Å². The quantitative estimate of drug-likeness (QED) is 0.349. The van der Waals surface area contributed by atoms with Gasteiger partial charge in [-0.15, -0.1) is 0 Å². The number of thiocarbonyl (C=S) groups is 1. The van der Waals surface area contributed by atoms with Crippen LogP contribution in [0.5, 0.6) is 0 Å². The number of hydrogen-bond donors (Lipinski definition) is 0. The van der Waals surface area contributed by atoms with Gasteiger partial charge in [-0.05, 0) is 31.0 Å². The van der Waals surface area contributed by atoms with Crippen LogP contribution in [0, 0.1) is 12.8 Å². The van der Waals surface area contributed by atoms with Crippen molar-refractivity contribution in [3.05, 3.63) is 59.4 Å². The summed E-state index contributed by atoms with van der Waals surface area (Å²) in [7, 11) is 0. The predicted octanol–water partition coefficient (Wildman–Crippen LogP) is 3.41. The fourth-order valence-corrected chi connectivity index (χ4v) is 3.24. The lowest BCUT2D eigenvalue weighted by Crippen LogP contribution is -2.46. The van der Waals surface area contributed by atoms with Crippen molar-refractivity contribution in [2.24, 2.45) is 5.92 Å². The lowest BCUT2D eigenvalue weighted by Gasteiger charge is -2.32. The Balaban J connectivity index is 1.72. The highest BCUT2D eigenvalue weighted by atomic mass is 32.1. The molecular weight excluding hydrogens is 350 g/mol. The summed E-state index contributed by atoms with van der Waals surface area (Å²) in [6.07, 6.45) is 2.19. The first-order valence-corrected chi connectivity index (χ1v) is 8.90. The highest BCUT2D eigenvalue weighted by molar-refractivity contribution is 7.81. The monoisotopic (exact) mass is 371 g/mol. The van der Waals surface area contributed by atoms with Gasteiger partial charge in [0.05, 0.1) is 10.6 Å². The summed E-state index contributed by atoms with van der Waals surface area (Å²) in [6, 6.07) is 11.9. The number of carbonyl (C=O) groups is 2. The van der Waals surface area contributed by atoms with E-state index in [1.807, 2.05) is 54.1 Å². The summed E-state index contributed by atoms with van der Waals surface area (Å²) in [5, 5.41) is 0. The molecule has 0 unspecified atom stereocenters. The third-order valence-corrected chi connectivity index (χ3v) is 4.74. The summed E-state index contributed by atoms with van der Waals surface area (Å²) in [5.74, 6) is -3.19. The average molecular weight is 371 g/mol. The van der Waals surface area contributed by atoms with Crippen LogP contribution < -0.4 is 0 Å². The molecule has 0 aliphatic carbocycles. The molecule has 2 heterocycles. The van der Waals surface area contributed by atoms with Crippen LogP contribution in [0.15, 0.2) is 42.6 Å². The van der Waals surface area contributed by atoms with E-state index in [4.69, 9.17) is 21.7 Å². The molecule has 0 radical (unpaired) electrons. The number of hydrogen-bond acceptors (Lipinski definition) is 5. The van der Waals surface area contributed by atoms with Gasteiger partial charge in [0.25, 0.3) is 5.79 Å². The van der Waals surface area contributed by atoms with Gasteiger partial charge in [0.2, 0.25) is 0 Å². The second kappa shape index (κ2) is 7.03. The third kappa shape index (κ3) is 3.85. The highest BCUT2D eigenvalue weighted by Crippen LogP contribution is 2.25. The van der Waals surface area contributed by atoms with E-state index in [2.05, 4.69) is 0 Å². The van der Waals surface area contributed by atoms with Gasteiger partial charge < -0.3 is 14.0 Å². The minimum Gasteiger partial charge on any atom is -0.422 e. The molecule has 2 aromatic rings. The molecule has 0 amide bonds. The Kier molecular flexibility index (Phi) is 4.96. The summed E-state index contributed by atoms with van der Waals surface area (Å²) in [4.78, 5) is 24.9. The van der Waals surface area contributed by atoms with Crippen molar-refractivity contribution in [2.45, 2.75) is 39.5 Å². The largest absolute Gasteiger partial charge is 0.422 e. The molecule has 136 valence electrons. The molecule has 26 heavy (non-hydrogen) atoms. The summed E-state index contributed by atoms with van der Waals surface area (Å²) in [5.41, 5.74) is 3.01. The Morgan fingerprint density at radius 3 is 2.35 bits per heavy atom. The van der Waals surface area contributed by atoms with Crippen molar-refractivity contribution >= 4 is 29.0 Å². The lowest BCUT2D eigenvalue weighted by atomic mass is 10.0. The first-order chi connectivity index (χ1) is 12.3. The number of aryl methyl sites for hydroxylation is 2. The van der Waals surface area contributed by atoms with Gasteiger partial charge in [-0.2, -0.15) is 0 Å². The molecular formula is C20H21NO4S. The second-order valence-electron chi connectivity index (χ2n) is 6.87. The van der Waals surface area contributed by atoms with E-state index in [9.17, 15) is 9.59 Å². The Morgan fingerprint density at radius 2 is 1.73 bits per heavy atom. The molecule has 0 bridgehead atoms. The number of esters is 2. The van der Waals surface area contributed by atoms with Crippen LogP contribution in [0.3, 0.4) is 0 Å². The SMILES string of the molecule is Cc1ccc(C(=S)c2cccn2CCC2C(=O)OC(C)(C)OC2=O)cc1. The lowest BCUT2D eigenvalue weighted by molar-refractivity contribution is -0.240. The zero-order valence-corrected chi connectivity index (χ0v) is 15.8. The molecule has 0 atom stereocenters. The molecule has 0 N–H and O–H groups in total. The number of rotatable bonds is 5. The molecule has 5 nitrogen and oxygen atoms in total. The first kappa shape index (κ1) is 18.3. The van der Waals surface area contributed by atoms with E-state index in [-0.39, 0.29) is 0 Å². The molecule has 0 saturated carbocycles. The van der Waals surface area contributed by atoms with Crippen LogP contribution in [0.2, 0.25) is 0 Å².